The highest BCUT2D eigenvalue weighted by Crippen LogP contribution is 2.54. The maximum absolute atomic E-state index is 5.31. The second kappa shape index (κ2) is 8.34. The van der Waals surface area contributed by atoms with Crippen LogP contribution < -0.4 is 0 Å². The van der Waals surface area contributed by atoms with Gasteiger partial charge in [-0.05, 0) is 58.4 Å². The topological polar surface area (TPSA) is 25.8 Å². The Morgan fingerprint density at radius 1 is 0.684 bits per heavy atom. The smallest absolute Gasteiger partial charge is 0.108 e. The van der Waals surface area contributed by atoms with Crippen LogP contribution in [0.15, 0.2) is 109 Å². The molecule has 2 heterocycles. The number of aromatic nitrogens is 2. The predicted molar refractivity (Wildman–Crippen MR) is 161 cm³/mol. The summed E-state index contributed by atoms with van der Waals surface area (Å²) in [5.74, 6) is 0.461. The van der Waals surface area contributed by atoms with Crippen molar-refractivity contribution in [2.45, 2.75) is 13.3 Å². The van der Waals surface area contributed by atoms with E-state index in [0.717, 1.165) is 34.4 Å². The van der Waals surface area contributed by atoms with Gasteiger partial charge in [0, 0.05) is 21.2 Å². The van der Waals surface area contributed by atoms with E-state index in [0.29, 0.717) is 5.92 Å². The number of para-hydroxylation sites is 2. The van der Waals surface area contributed by atoms with Gasteiger partial charge in [0.05, 0.1) is 21.6 Å². The molecule has 1 unspecified atom stereocenters. The first-order valence-electron chi connectivity index (χ1n) is 13.2. The Morgan fingerprint density at radius 2 is 1.37 bits per heavy atom. The zero-order chi connectivity index (χ0) is 25.2. The maximum atomic E-state index is 5.31. The number of nitrogens with zero attached hydrogens (tertiary/aromatic N) is 2. The van der Waals surface area contributed by atoms with Gasteiger partial charge in [-0.2, -0.15) is 0 Å². The average Bonchev–Trinajstić information content (AvgIpc) is 3.30. The van der Waals surface area contributed by atoms with Crippen molar-refractivity contribution in [2.75, 3.05) is 0 Å². The van der Waals surface area contributed by atoms with Gasteiger partial charge >= 0.3 is 0 Å². The number of allylic oxidation sites excluding steroid dienone is 4. The molecule has 38 heavy (non-hydrogen) atoms. The van der Waals surface area contributed by atoms with Crippen molar-refractivity contribution in [2.24, 2.45) is 5.92 Å². The van der Waals surface area contributed by atoms with Crippen LogP contribution in [0.4, 0.5) is 0 Å². The van der Waals surface area contributed by atoms with Gasteiger partial charge in [0.15, 0.2) is 0 Å². The fourth-order valence-electron chi connectivity index (χ4n) is 6.20. The third kappa shape index (κ3) is 3.12. The van der Waals surface area contributed by atoms with Crippen LogP contribution in [0.3, 0.4) is 0 Å². The third-order valence-electron chi connectivity index (χ3n) is 7.88. The summed E-state index contributed by atoms with van der Waals surface area (Å²) in [7, 11) is 0. The molecular weight excluding hydrogens is 480 g/mol. The van der Waals surface area contributed by atoms with Gasteiger partial charge in [-0.25, -0.2) is 9.97 Å². The van der Waals surface area contributed by atoms with Gasteiger partial charge < -0.3 is 0 Å². The van der Waals surface area contributed by atoms with Crippen LogP contribution >= 0.6 is 11.3 Å². The van der Waals surface area contributed by atoms with Gasteiger partial charge in [-0.3, -0.25) is 0 Å². The average molecular weight is 505 g/mol. The van der Waals surface area contributed by atoms with Crippen molar-refractivity contribution < 1.29 is 0 Å². The normalized spacial score (nSPS) is 16.0. The minimum Gasteiger partial charge on any atom is -0.244 e. The summed E-state index contributed by atoms with van der Waals surface area (Å²) < 4.78 is 1.29. The molecular formula is C35H24N2S. The second-order valence-electron chi connectivity index (χ2n) is 10.2. The van der Waals surface area contributed by atoms with Crippen molar-refractivity contribution in [1.29, 1.82) is 0 Å². The molecule has 2 aliphatic carbocycles. The van der Waals surface area contributed by atoms with Crippen LogP contribution in [-0.4, -0.2) is 9.97 Å². The maximum Gasteiger partial charge on any atom is 0.108 e. The fourth-order valence-corrected chi connectivity index (χ4v) is 7.43. The Bertz CT molecular complexity index is 1960. The number of thiophene rings is 1. The van der Waals surface area contributed by atoms with Crippen LogP contribution in [0.1, 0.15) is 24.5 Å². The third-order valence-corrected chi connectivity index (χ3v) is 9.04. The fraction of sp³-hybridized carbons (Fsp3) is 0.0857. The Kier molecular flexibility index (Phi) is 4.77. The summed E-state index contributed by atoms with van der Waals surface area (Å²) in [6, 6.07) is 34.4. The Hall–Kier alpha value is -4.34. The summed E-state index contributed by atoms with van der Waals surface area (Å²) in [4.78, 5) is 11.7. The van der Waals surface area contributed by atoms with Gasteiger partial charge in [0.2, 0.25) is 0 Å². The summed E-state index contributed by atoms with van der Waals surface area (Å²) in [5, 5.41) is 1.33. The van der Waals surface area contributed by atoms with Crippen LogP contribution in [0.25, 0.3) is 65.2 Å². The molecule has 6 aromatic rings. The highest BCUT2D eigenvalue weighted by atomic mass is 32.1. The van der Waals surface area contributed by atoms with Crippen LogP contribution in [0, 0.1) is 5.92 Å². The predicted octanol–water partition coefficient (Wildman–Crippen LogP) is 9.67. The SMILES string of the molecule is CC1CC=CC2=C1c1ccccc1-c1c(-c3nc4ccccc4nc3-c3ccccc3)sc3cccc2c13. The minimum atomic E-state index is 0.461. The van der Waals surface area contributed by atoms with Gasteiger partial charge in [0.25, 0.3) is 0 Å². The first-order valence-corrected chi connectivity index (χ1v) is 14.0. The van der Waals surface area contributed by atoms with Gasteiger partial charge in [0.1, 0.15) is 5.69 Å². The molecule has 0 saturated heterocycles. The summed E-state index contributed by atoms with van der Waals surface area (Å²) in [6.45, 7) is 2.36. The van der Waals surface area contributed by atoms with Crippen molar-refractivity contribution in [3.8, 4) is 33.0 Å². The number of benzene rings is 4. The summed E-state index contributed by atoms with van der Waals surface area (Å²) >= 11 is 1.84. The molecule has 2 aliphatic rings. The molecule has 2 aromatic heterocycles. The number of hydrogen-bond acceptors (Lipinski definition) is 3. The van der Waals surface area contributed by atoms with Crippen molar-refractivity contribution in [1.82, 2.24) is 9.97 Å². The second-order valence-corrected chi connectivity index (χ2v) is 11.2. The van der Waals surface area contributed by atoms with Crippen LogP contribution in [-0.2, 0) is 0 Å². The molecule has 8 rings (SSSR count). The molecule has 3 heteroatoms. The quantitative estimate of drug-likeness (QED) is 0.235. The van der Waals surface area contributed by atoms with Gasteiger partial charge in [-0.1, -0.05) is 97.9 Å². The summed E-state index contributed by atoms with van der Waals surface area (Å²) in [6.07, 6.45) is 5.75. The first kappa shape index (κ1) is 21.7. The van der Waals surface area contributed by atoms with E-state index in [4.69, 9.17) is 9.97 Å². The van der Waals surface area contributed by atoms with E-state index >= 15 is 0 Å². The van der Waals surface area contributed by atoms with Crippen molar-refractivity contribution in [3.63, 3.8) is 0 Å². The zero-order valence-electron chi connectivity index (χ0n) is 21.0. The van der Waals surface area contributed by atoms with E-state index in [9.17, 15) is 0 Å². The molecule has 2 nitrogen and oxygen atoms in total. The monoisotopic (exact) mass is 504 g/mol. The lowest BCUT2D eigenvalue weighted by atomic mass is 9.81. The number of rotatable bonds is 2. The van der Waals surface area contributed by atoms with Crippen molar-refractivity contribution >= 4 is 43.6 Å². The van der Waals surface area contributed by atoms with E-state index < -0.39 is 0 Å². The molecule has 0 fully saturated rings. The minimum absolute atomic E-state index is 0.461. The van der Waals surface area contributed by atoms with E-state index in [1.165, 1.54) is 48.4 Å². The molecule has 0 amide bonds. The largest absolute Gasteiger partial charge is 0.244 e. The first-order chi connectivity index (χ1) is 18.8. The lowest BCUT2D eigenvalue weighted by molar-refractivity contribution is 0.761. The lowest BCUT2D eigenvalue weighted by Crippen LogP contribution is -2.04. The van der Waals surface area contributed by atoms with Crippen LogP contribution in [0.5, 0.6) is 0 Å². The Morgan fingerprint density at radius 3 is 2.18 bits per heavy atom. The Balaban J connectivity index is 1.53. The van der Waals surface area contributed by atoms with E-state index in [2.05, 4.69) is 104 Å². The number of fused-ring (bicyclic) bond motifs is 5. The van der Waals surface area contributed by atoms with E-state index in [1.807, 2.05) is 23.5 Å². The van der Waals surface area contributed by atoms with E-state index in [1.54, 1.807) is 0 Å². The molecule has 0 N–H and O–H groups in total. The number of hydrogen-bond donors (Lipinski definition) is 0. The van der Waals surface area contributed by atoms with Gasteiger partial charge in [-0.15, -0.1) is 11.3 Å². The molecule has 0 radical (unpaired) electrons. The molecule has 0 saturated carbocycles. The molecule has 180 valence electrons. The standard InChI is InChI=1S/C35H24N2S/c1-21-11-9-16-24-25-17-10-20-29-31(25)32(26-15-6-5-14-23(26)30(21)24)35(38-29)34-33(22-12-3-2-4-13-22)36-27-18-7-8-19-28(27)37-34/h2-10,12-21H,11H2,1H3. The zero-order valence-corrected chi connectivity index (χ0v) is 21.8. The Labute approximate surface area is 225 Å². The van der Waals surface area contributed by atoms with E-state index in [-0.39, 0.29) is 0 Å². The molecule has 0 spiro atoms. The van der Waals surface area contributed by atoms with Crippen LogP contribution in [0.2, 0.25) is 0 Å². The molecule has 1 atom stereocenters. The highest BCUT2D eigenvalue weighted by molar-refractivity contribution is 7.23. The summed E-state index contributed by atoms with van der Waals surface area (Å²) in [5.41, 5.74) is 12.9. The molecule has 4 aromatic carbocycles. The highest BCUT2D eigenvalue weighted by Gasteiger charge is 2.31. The lowest BCUT2D eigenvalue weighted by Gasteiger charge is -2.23. The molecule has 0 bridgehead atoms. The van der Waals surface area contributed by atoms with Crippen molar-refractivity contribution in [3.05, 3.63) is 120 Å². The molecule has 0 aliphatic heterocycles.